The molecule has 1 amide bonds. The van der Waals surface area contributed by atoms with Gasteiger partial charge in [-0.1, -0.05) is 12.1 Å². The summed E-state index contributed by atoms with van der Waals surface area (Å²) in [7, 11) is 0. The van der Waals surface area contributed by atoms with Crippen LogP contribution in [0.15, 0.2) is 23.6 Å². The fourth-order valence-corrected chi connectivity index (χ4v) is 2.84. The van der Waals surface area contributed by atoms with Gasteiger partial charge in [-0.25, -0.2) is 4.98 Å². The molecule has 0 atom stereocenters. The van der Waals surface area contributed by atoms with Crippen LogP contribution in [0.25, 0.3) is 0 Å². The molecule has 21 heavy (non-hydrogen) atoms. The van der Waals surface area contributed by atoms with Crippen molar-refractivity contribution >= 4 is 17.2 Å². The number of rotatable bonds is 5. The number of hydrogen-bond acceptors (Lipinski definition) is 6. The van der Waals surface area contributed by atoms with E-state index in [9.17, 15) is 4.79 Å². The van der Waals surface area contributed by atoms with E-state index in [0.717, 1.165) is 10.6 Å². The van der Waals surface area contributed by atoms with Crippen molar-refractivity contribution in [1.29, 1.82) is 0 Å². The maximum atomic E-state index is 12.1. The number of fused-ring (bicyclic) bond motifs is 1. The maximum Gasteiger partial charge on any atom is 0.271 e. The zero-order valence-corrected chi connectivity index (χ0v) is 12.1. The zero-order valence-electron chi connectivity index (χ0n) is 11.3. The molecular weight excluding hydrogens is 290 g/mol. The highest BCUT2D eigenvalue weighted by Crippen LogP contribution is 2.35. The number of thiazole rings is 1. The molecule has 2 aromatic rings. The summed E-state index contributed by atoms with van der Waals surface area (Å²) in [5.41, 5.74) is 6.78. The summed E-state index contributed by atoms with van der Waals surface area (Å²) in [6, 6.07) is 5.61. The summed E-state index contributed by atoms with van der Waals surface area (Å²) in [6.45, 7) is 1.12. The molecule has 0 spiro atoms. The van der Waals surface area contributed by atoms with Gasteiger partial charge in [-0.2, -0.15) is 0 Å². The van der Waals surface area contributed by atoms with E-state index in [0.29, 0.717) is 36.7 Å². The van der Waals surface area contributed by atoms with E-state index < -0.39 is 0 Å². The fourth-order valence-electron chi connectivity index (χ4n) is 2.05. The SMILES string of the molecule is NCCc1nc(C(=O)NCc2cccc3c2OCO3)cs1. The second-order valence-electron chi connectivity index (χ2n) is 4.50. The summed E-state index contributed by atoms with van der Waals surface area (Å²) in [4.78, 5) is 16.3. The van der Waals surface area contributed by atoms with Crippen molar-refractivity contribution in [2.75, 3.05) is 13.3 Å². The smallest absolute Gasteiger partial charge is 0.271 e. The number of benzene rings is 1. The molecular formula is C14H15N3O3S. The van der Waals surface area contributed by atoms with Crippen molar-refractivity contribution in [3.05, 3.63) is 39.8 Å². The van der Waals surface area contributed by atoms with Gasteiger partial charge in [0.05, 0.1) is 5.01 Å². The van der Waals surface area contributed by atoms with E-state index in [1.165, 1.54) is 11.3 Å². The first kappa shape index (κ1) is 13.8. The standard InChI is InChI=1S/C14H15N3O3S/c15-5-4-12-17-10(7-21-12)14(18)16-6-9-2-1-3-11-13(9)20-8-19-11/h1-3,7H,4-6,8,15H2,(H,16,18). The monoisotopic (exact) mass is 305 g/mol. The third kappa shape index (κ3) is 2.98. The first-order valence-electron chi connectivity index (χ1n) is 6.58. The van der Waals surface area contributed by atoms with Crippen LogP contribution in [0, 0.1) is 0 Å². The number of carbonyl (C=O) groups excluding carboxylic acids is 1. The Morgan fingerprint density at radius 2 is 2.33 bits per heavy atom. The number of para-hydroxylation sites is 1. The van der Waals surface area contributed by atoms with Crippen molar-refractivity contribution in [2.45, 2.75) is 13.0 Å². The average Bonchev–Trinajstić information content (AvgIpc) is 3.13. The second-order valence-corrected chi connectivity index (χ2v) is 5.44. The van der Waals surface area contributed by atoms with Gasteiger partial charge in [0.2, 0.25) is 6.79 Å². The number of hydrogen-bond donors (Lipinski definition) is 2. The predicted octanol–water partition coefficient (Wildman–Crippen LogP) is 1.30. The van der Waals surface area contributed by atoms with E-state index >= 15 is 0 Å². The van der Waals surface area contributed by atoms with Crippen LogP contribution in [-0.2, 0) is 13.0 Å². The van der Waals surface area contributed by atoms with Gasteiger partial charge in [0, 0.05) is 23.9 Å². The Kier molecular flexibility index (Phi) is 4.03. The van der Waals surface area contributed by atoms with Crippen molar-refractivity contribution in [2.24, 2.45) is 5.73 Å². The molecule has 1 aliphatic rings. The Morgan fingerprint density at radius 3 is 3.19 bits per heavy atom. The third-order valence-corrected chi connectivity index (χ3v) is 3.97. The van der Waals surface area contributed by atoms with Gasteiger partial charge < -0.3 is 20.5 Å². The highest BCUT2D eigenvalue weighted by Gasteiger charge is 2.18. The summed E-state index contributed by atoms with van der Waals surface area (Å²) < 4.78 is 10.7. The van der Waals surface area contributed by atoms with Gasteiger partial charge in [0.25, 0.3) is 5.91 Å². The van der Waals surface area contributed by atoms with E-state index in [4.69, 9.17) is 15.2 Å². The lowest BCUT2D eigenvalue weighted by atomic mass is 10.2. The number of nitrogens with zero attached hydrogens (tertiary/aromatic N) is 1. The van der Waals surface area contributed by atoms with Crippen molar-refractivity contribution < 1.29 is 14.3 Å². The molecule has 0 radical (unpaired) electrons. The van der Waals surface area contributed by atoms with E-state index in [-0.39, 0.29) is 12.7 Å². The van der Waals surface area contributed by atoms with Gasteiger partial charge in [-0.15, -0.1) is 11.3 Å². The molecule has 0 aliphatic carbocycles. The zero-order chi connectivity index (χ0) is 14.7. The molecule has 0 unspecified atom stereocenters. The molecule has 0 saturated heterocycles. The lowest BCUT2D eigenvalue weighted by Gasteiger charge is -2.06. The van der Waals surface area contributed by atoms with Crippen molar-refractivity contribution in [3.63, 3.8) is 0 Å². The van der Waals surface area contributed by atoms with Gasteiger partial charge in [0.1, 0.15) is 5.69 Å². The predicted molar refractivity (Wildman–Crippen MR) is 78.6 cm³/mol. The highest BCUT2D eigenvalue weighted by atomic mass is 32.1. The topological polar surface area (TPSA) is 86.5 Å². The van der Waals surface area contributed by atoms with Crippen LogP contribution in [-0.4, -0.2) is 24.2 Å². The Balaban J connectivity index is 1.64. The number of nitrogens with one attached hydrogen (secondary N) is 1. The molecule has 1 aromatic carbocycles. The molecule has 1 aromatic heterocycles. The minimum atomic E-state index is -0.203. The Labute approximate surface area is 125 Å². The third-order valence-electron chi connectivity index (χ3n) is 3.06. The molecule has 3 rings (SSSR count). The number of nitrogens with two attached hydrogens (primary N) is 1. The quantitative estimate of drug-likeness (QED) is 0.869. The molecule has 0 fully saturated rings. The van der Waals surface area contributed by atoms with Crippen LogP contribution < -0.4 is 20.5 Å². The van der Waals surface area contributed by atoms with E-state index in [1.54, 1.807) is 5.38 Å². The first-order chi connectivity index (χ1) is 10.3. The Bertz CT molecular complexity index is 657. The largest absolute Gasteiger partial charge is 0.454 e. The van der Waals surface area contributed by atoms with Crippen molar-refractivity contribution in [1.82, 2.24) is 10.3 Å². The molecule has 3 N–H and O–H groups in total. The summed E-state index contributed by atoms with van der Waals surface area (Å²) in [5, 5.41) is 5.46. The van der Waals surface area contributed by atoms with Crippen LogP contribution in [0.2, 0.25) is 0 Å². The van der Waals surface area contributed by atoms with E-state index in [1.807, 2.05) is 18.2 Å². The number of carbonyl (C=O) groups is 1. The molecule has 110 valence electrons. The van der Waals surface area contributed by atoms with Gasteiger partial charge >= 0.3 is 0 Å². The van der Waals surface area contributed by atoms with Crippen molar-refractivity contribution in [3.8, 4) is 11.5 Å². The number of aromatic nitrogens is 1. The Hall–Kier alpha value is -2.12. The molecule has 0 saturated carbocycles. The van der Waals surface area contributed by atoms with E-state index in [2.05, 4.69) is 10.3 Å². The van der Waals surface area contributed by atoms with Crippen LogP contribution in [0.1, 0.15) is 21.1 Å². The lowest BCUT2D eigenvalue weighted by Crippen LogP contribution is -2.23. The molecule has 6 nitrogen and oxygen atoms in total. The fraction of sp³-hybridized carbons (Fsp3) is 0.286. The number of ether oxygens (including phenoxy) is 2. The molecule has 1 aliphatic heterocycles. The van der Waals surface area contributed by atoms with Crippen LogP contribution in [0.3, 0.4) is 0 Å². The molecule has 0 bridgehead atoms. The summed E-state index contributed by atoms with van der Waals surface area (Å²) in [5.74, 6) is 1.20. The molecule has 2 heterocycles. The first-order valence-corrected chi connectivity index (χ1v) is 7.46. The minimum absolute atomic E-state index is 0.203. The summed E-state index contributed by atoms with van der Waals surface area (Å²) >= 11 is 1.45. The Morgan fingerprint density at radius 1 is 1.43 bits per heavy atom. The second kappa shape index (κ2) is 6.11. The van der Waals surface area contributed by atoms with Gasteiger partial charge in [-0.3, -0.25) is 4.79 Å². The maximum absolute atomic E-state index is 12.1. The van der Waals surface area contributed by atoms with Gasteiger partial charge in [0.15, 0.2) is 11.5 Å². The average molecular weight is 305 g/mol. The highest BCUT2D eigenvalue weighted by molar-refractivity contribution is 7.09. The summed E-state index contributed by atoms with van der Waals surface area (Å²) in [6.07, 6.45) is 0.690. The lowest BCUT2D eigenvalue weighted by molar-refractivity contribution is 0.0946. The minimum Gasteiger partial charge on any atom is -0.454 e. The van der Waals surface area contributed by atoms with Gasteiger partial charge in [-0.05, 0) is 12.6 Å². The van der Waals surface area contributed by atoms with Crippen LogP contribution >= 0.6 is 11.3 Å². The molecule has 7 heteroatoms. The van der Waals surface area contributed by atoms with Crippen LogP contribution in [0.5, 0.6) is 11.5 Å². The normalized spacial score (nSPS) is 12.4. The number of amides is 1. The van der Waals surface area contributed by atoms with Crippen LogP contribution in [0.4, 0.5) is 0 Å².